The molecule has 1 nitrogen and oxygen atoms in total. The second-order valence-electron chi connectivity index (χ2n) is 4.95. The number of hydrogen-bond donors (Lipinski definition) is 0. The Morgan fingerprint density at radius 2 is 1.55 bits per heavy atom. The number of hydrogen-bond acceptors (Lipinski definition) is 1. The summed E-state index contributed by atoms with van der Waals surface area (Å²) in [6.07, 6.45) is 0.823. The molecule has 20 heavy (non-hydrogen) atoms. The van der Waals surface area contributed by atoms with Crippen molar-refractivity contribution in [3.63, 3.8) is 0 Å². The molecule has 0 aliphatic rings. The molecule has 0 fully saturated rings. The molecule has 0 aliphatic carbocycles. The van der Waals surface area contributed by atoms with Crippen molar-refractivity contribution >= 4 is 5.78 Å². The maximum Gasteiger partial charge on any atom is 0.163 e. The van der Waals surface area contributed by atoms with Gasteiger partial charge >= 0.3 is 0 Å². The zero-order chi connectivity index (χ0) is 14.7. The van der Waals surface area contributed by atoms with Crippen LogP contribution in [0.25, 0.3) is 0 Å². The minimum absolute atomic E-state index is 0.0914. The van der Waals surface area contributed by atoms with Crippen LogP contribution in [-0.4, -0.2) is 5.78 Å². The maximum absolute atomic E-state index is 13.1. The number of carbonyl (C=O) groups excluding carboxylic acids is 1. The smallest absolute Gasteiger partial charge is 0.163 e. The molecule has 3 heteroatoms. The molecule has 0 saturated heterocycles. The molecule has 0 radical (unpaired) electrons. The van der Waals surface area contributed by atoms with Crippen molar-refractivity contribution < 1.29 is 13.6 Å². The van der Waals surface area contributed by atoms with Gasteiger partial charge in [-0.15, -0.1) is 0 Å². The van der Waals surface area contributed by atoms with E-state index < -0.39 is 11.6 Å². The first-order valence-corrected chi connectivity index (χ1v) is 6.52. The average Bonchev–Trinajstić information content (AvgIpc) is 2.36. The van der Waals surface area contributed by atoms with Crippen molar-refractivity contribution in [2.24, 2.45) is 0 Å². The predicted molar refractivity (Wildman–Crippen MR) is 74.9 cm³/mol. The van der Waals surface area contributed by atoms with Crippen LogP contribution in [0.3, 0.4) is 0 Å². The SMILES string of the molecule is Cc1cccc(C)c1CCC(=O)c1cc(F)cc(F)c1. The fraction of sp³-hybridized carbons (Fsp3) is 0.235. The number of carbonyl (C=O) groups is 1. The molecule has 0 atom stereocenters. The lowest BCUT2D eigenvalue weighted by Crippen LogP contribution is -2.04. The monoisotopic (exact) mass is 274 g/mol. The number of benzene rings is 2. The van der Waals surface area contributed by atoms with Gasteiger partial charge in [0.05, 0.1) is 0 Å². The summed E-state index contributed by atoms with van der Waals surface area (Å²) < 4.78 is 26.2. The van der Waals surface area contributed by atoms with E-state index in [4.69, 9.17) is 0 Å². The van der Waals surface area contributed by atoms with Gasteiger partial charge in [0.1, 0.15) is 11.6 Å². The second kappa shape index (κ2) is 5.95. The maximum atomic E-state index is 13.1. The van der Waals surface area contributed by atoms with Crippen LogP contribution in [0.2, 0.25) is 0 Å². The summed E-state index contributed by atoms with van der Waals surface area (Å²) >= 11 is 0. The minimum Gasteiger partial charge on any atom is -0.294 e. The van der Waals surface area contributed by atoms with Gasteiger partial charge in [0.25, 0.3) is 0 Å². The van der Waals surface area contributed by atoms with Crippen molar-refractivity contribution in [3.05, 3.63) is 70.3 Å². The van der Waals surface area contributed by atoms with E-state index in [0.29, 0.717) is 6.42 Å². The van der Waals surface area contributed by atoms with Crippen molar-refractivity contribution in [2.75, 3.05) is 0 Å². The van der Waals surface area contributed by atoms with Gasteiger partial charge in [-0.3, -0.25) is 4.79 Å². The summed E-state index contributed by atoms with van der Waals surface area (Å²) in [5.74, 6) is -1.69. The molecular formula is C17H16F2O. The molecule has 0 unspecified atom stereocenters. The van der Waals surface area contributed by atoms with E-state index in [1.807, 2.05) is 32.0 Å². The highest BCUT2D eigenvalue weighted by atomic mass is 19.1. The number of rotatable bonds is 4. The standard InChI is InChI=1S/C17H16F2O/c1-11-4-3-5-12(2)16(11)6-7-17(20)13-8-14(18)10-15(19)9-13/h3-5,8-10H,6-7H2,1-2H3. The highest BCUT2D eigenvalue weighted by Gasteiger charge is 2.11. The molecule has 2 aromatic rings. The van der Waals surface area contributed by atoms with Crippen LogP contribution < -0.4 is 0 Å². The Balaban J connectivity index is 2.13. The van der Waals surface area contributed by atoms with Gasteiger partial charge in [-0.05, 0) is 49.1 Å². The predicted octanol–water partition coefficient (Wildman–Crippen LogP) is 4.40. The van der Waals surface area contributed by atoms with E-state index in [2.05, 4.69) is 0 Å². The van der Waals surface area contributed by atoms with E-state index in [9.17, 15) is 13.6 Å². The van der Waals surface area contributed by atoms with Crippen molar-refractivity contribution in [3.8, 4) is 0 Å². The van der Waals surface area contributed by atoms with Crippen LogP contribution >= 0.6 is 0 Å². The van der Waals surface area contributed by atoms with E-state index in [1.165, 1.54) is 0 Å². The third-order valence-corrected chi connectivity index (χ3v) is 3.43. The van der Waals surface area contributed by atoms with Crippen molar-refractivity contribution in [2.45, 2.75) is 26.7 Å². The molecule has 0 aromatic heterocycles. The zero-order valence-corrected chi connectivity index (χ0v) is 11.5. The normalized spacial score (nSPS) is 10.6. The topological polar surface area (TPSA) is 17.1 Å². The van der Waals surface area contributed by atoms with E-state index in [1.54, 1.807) is 0 Å². The van der Waals surface area contributed by atoms with Gasteiger partial charge in [-0.2, -0.15) is 0 Å². The molecule has 0 bridgehead atoms. The Bertz CT molecular complexity index is 607. The Hall–Kier alpha value is -2.03. The molecule has 104 valence electrons. The summed E-state index contributed by atoms with van der Waals surface area (Å²) in [6, 6.07) is 8.88. The average molecular weight is 274 g/mol. The highest BCUT2D eigenvalue weighted by Crippen LogP contribution is 2.17. The molecule has 0 saturated carbocycles. The van der Waals surface area contributed by atoms with Crippen LogP contribution in [0.1, 0.15) is 33.5 Å². The third-order valence-electron chi connectivity index (χ3n) is 3.43. The summed E-state index contributed by atoms with van der Waals surface area (Å²) in [6.45, 7) is 3.99. The lowest BCUT2D eigenvalue weighted by molar-refractivity contribution is 0.0982. The van der Waals surface area contributed by atoms with Gasteiger partial charge in [-0.25, -0.2) is 8.78 Å². The van der Waals surface area contributed by atoms with Gasteiger partial charge < -0.3 is 0 Å². The Morgan fingerprint density at radius 1 is 1.00 bits per heavy atom. The van der Waals surface area contributed by atoms with Crippen molar-refractivity contribution in [1.29, 1.82) is 0 Å². The minimum atomic E-state index is -0.722. The number of halogens is 2. The van der Waals surface area contributed by atoms with Gasteiger partial charge in [0.2, 0.25) is 0 Å². The van der Waals surface area contributed by atoms with Gasteiger partial charge in [0.15, 0.2) is 5.78 Å². The summed E-state index contributed by atoms with van der Waals surface area (Å²) in [4.78, 5) is 12.0. The lowest BCUT2D eigenvalue weighted by atomic mass is 9.96. The van der Waals surface area contributed by atoms with Crippen LogP contribution in [-0.2, 0) is 6.42 Å². The Morgan fingerprint density at radius 3 is 2.10 bits per heavy atom. The van der Waals surface area contributed by atoms with Gasteiger partial charge in [0, 0.05) is 18.1 Å². The quantitative estimate of drug-likeness (QED) is 0.755. The first-order valence-electron chi connectivity index (χ1n) is 6.52. The van der Waals surface area contributed by atoms with Gasteiger partial charge in [-0.1, -0.05) is 18.2 Å². The molecule has 0 N–H and O–H groups in total. The summed E-state index contributed by atoms with van der Waals surface area (Å²) in [7, 11) is 0. The first-order chi connectivity index (χ1) is 9.47. The van der Waals surface area contributed by atoms with Crippen molar-refractivity contribution in [1.82, 2.24) is 0 Å². The molecule has 0 amide bonds. The third kappa shape index (κ3) is 3.29. The zero-order valence-electron chi connectivity index (χ0n) is 11.5. The van der Waals surface area contributed by atoms with E-state index in [-0.39, 0.29) is 17.8 Å². The Kier molecular flexibility index (Phi) is 4.28. The van der Waals surface area contributed by atoms with Crippen LogP contribution in [0.5, 0.6) is 0 Å². The highest BCUT2D eigenvalue weighted by molar-refractivity contribution is 5.96. The lowest BCUT2D eigenvalue weighted by Gasteiger charge is -2.09. The number of ketones is 1. The number of aryl methyl sites for hydroxylation is 2. The summed E-state index contributed by atoms with van der Waals surface area (Å²) in [5.41, 5.74) is 3.47. The van der Waals surface area contributed by atoms with Crippen LogP contribution in [0.15, 0.2) is 36.4 Å². The van der Waals surface area contributed by atoms with Crippen LogP contribution in [0.4, 0.5) is 8.78 Å². The van der Waals surface area contributed by atoms with Crippen LogP contribution in [0, 0.1) is 25.5 Å². The Labute approximate surface area is 117 Å². The molecule has 2 aromatic carbocycles. The molecule has 2 rings (SSSR count). The second-order valence-corrected chi connectivity index (χ2v) is 4.95. The fourth-order valence-corrected chi connectivity index (χ4v) is 2.34. The molecular weight excluding hydrogens is 258 g/mol. The fourth-order valence-electron chi connectivity index (χ4n) is 2.34. The van der Waals surface area contributed by atoms with E-state index in [0.717, 1.165) is 34.9 Å². The van der Waals surface area contributed by atoms with E-state index >= 15 is 0 Å². The summed E-state index contributed by atoms with van der Waals surface area (Å²) in [5, 5.41) is 0. The number of Topliss-reactive ketones (excluding diaryl/α,β-unsaturated/α-hetero) is 1. The molecule has 0 spiro atoms. The largest absolute Gasteiger partial charge is 0.294 e. The molecule has 0 heterocycles. The molecule has 0 aliphatic heterocycles. The first kappa shape index (κ1) is 14.4.